The van der Waals surface area contributed by atoms with Crippen molar-refractivity contribution in [1.82, 2.24) is 15.1 Å². The number of amides is 1. The summed E-state index contributed by atoms with van der Waals surface area (Å²) in [7, 11) is 0. The number of carbonyl (C=O) groups excluding carboxylic acids is 1. The molecular formula is C22H21N3O2S. The van der Waals surface area contributed by atoms with Gasteiger partial charge in [0.25, 0.3) is 5.56 Å². The highest BCUT2D eigenvalue weighted by atomic mass is 32.1. The van der Waals surface area contributed by atoms with Gasteiger partial charge < -0.3 is 5.32 Å². The van der Waals surface area contributed by atoms with Crippen LogP contribution in [0.25, 0.3) is 20.2 Å². The van der Waals surface area contributed by atoms with Crippen LogP contribution in [0.2, 0.25) is 0 Å². The fraction of sp³-hybridized carbons (Fsp3) is 0.227. The lowest BCUT2D eigenvalue weighted by atomic mass is 10.1. The Balaban J connectivity index is 1.72. The molecule has 142 valence electrons. The van der Waals surface area contributed by atoms with Gasteiger partial charge in [-0.25, -0.2) is 4.68 Å². The molecule has 6 heteroatoms. The Labute approximate surface area is 166 Å². The second-order valence-electron chi connectivity index (χ2n) is 6.95. The molecule has 0 spiro atoms. The molecule has 2 heterocycles. The van der Waals surface area contributed by atoms with Crippen molar-refractivity contribution in [3.05, 3.63) is 76.2 Å². The molecule has 0 bridgehead atoms. The van der Waals surface area contributed by atoms with Crippen LogP contribution in [-0.2, 0) is 4.79 Å². The number of hydrogen-bond donors (Lipinski definition) is 1. The molecule has 0 fully saturated rings. The molecule has 0 saturated heterocycles. The van der Waals surface area contributed by atoms with Crippen LogP contribution >= 0.6 is 11.3 Å². The predicted octanol–water partition coefficient (Wildman–Crippen LogP) is 4.36. The van der Waals surface area contributed by atoms with Crippen LogP contribution < -0.4 is 10.9 Å². The molecule has 0 aliphatic rings. The Bertz CT molecular complexity index is 1230. The Morgan fingerprint density at radius 1 is 1.07 bits per heavy atom. The SMILES string of the molecule is Cc1nn([C@H](C)C(=O)N[C@H](C)c2ccccc2)c(=O)c2c1sc1ccccc12. The number of nitrogens with zero attached hydrogens (tertiary/aromatic N) is 2. The molecule has 0 saturated carbocycles. The Morgan fingerprint density at radius 2 is 1.75 bits per heavy atom. The lowest BCUT2D eigenvalue weighted by Crippen LogP contribution is -2.38. The maximum atomic E-state index is 13.2. The van der Waals surface area contributed by atoms with Gasteiger partial charge in [-0.15, -0.1) is 11.3 Å². The molecule has 4 rings (SSSR count). The molecule has 2 aromatic carbocycles. The molecule has 4 aromatic rings. The molecule has 5 nitrogen and oxygen atoms in total. The molecule has 2 atom stereocenters. The quantitative estimate of drug-likeness (QED) is 0.562. The van der Waals surface area contributed by atoms with E-state index in [1.807, 2.05) is 68.4 Å². The zero-order valence-electron chi connectivity index (χ0n) is 16.0. The first-order valence-corrected chi connectivity index (χ1v) is 10.0. The number of carbonyl (C=O) groups is 1. The van der Waals surface area contributed by atoms with Crippen LogP contribution in [0, 0.1) is 6.92 Å². The summed E-state index contributed by atoms with van der Waals surface area (Å²) in [6, 6.07) is 16.7. The average molecular weight is 391 g/mol. The molecule has 0 aliphatic carbocycles. The topological polar surface area (TPSA) is 64.0 Å². The van der Waals surface area contributed by atoms with Gasteiger partial charge in [-0.1, -0.05) is 48.5 Å². The summed E-state index contributed by atoms with van der Waals surface area (Å²) < 4.78 is 3.24. The van der Waals surface area contributed by atoms with Crippen LogP contribution in [0.5, 0.6) is 0 Å². The Morgan fingerprint density at radius 3 is 2.50 bits per heavy atom. The van der Waals surface area contributed by atoms with Crippen molar-refractivity contribution in [2.45, 2.75) is 32.9 Å². The highest BCUT2D eigenvalue weighted by Crippen LogP contribution is 2.32. The van der Waals surface area contributed by atoms with E-state index >= 15 is 0 Å². The third-order valence-electron chi connectivity index (χ3n) is 5.01. The Hall–Kier alpha value is -2.99. The average Bonchev–Trinajstić information content (AvgIpc) is 3.11. The minimum Gasteiger partial charge on any atom is -0.348 e. The van der Waals surface area contributed by atoms with Gasteiger partial charge >= 0.3 is 0 Å². The number of aromatic nitrogens is 2. The smallest absolute Gasteiger partial charge is 0.276 e. The van der Waals surface area contributed by atoms with Gasteiger partial charge in [-0.05, 0) is 32.4 Å². The summed E-state index contributed by atoms with van der Waals surface area (Å²) in [5.41, 5.74) is 1.54. The van der Waals surface area contributed by atoms with Gasteiger partial charge in [-0.2, -0.15) is 5.10 Å². The van der Waals surface area contributed by atoms with Gasteiger partial charge in [0.1, 0.15) is 6.04 Å². The summed E-state index contributed by atoms with van der Waals surface area (Å²) >= 11 is 1.56. The number of thiophene rings is 1. The standard InChI is InChI=1S/C22H21N3O2S/c1-13(16-9-5-4-6-10-16)23-21(26)15(3)25-22(27)19-17-11-7-8-12-18(17)28-20(19)14(2)24-25/h4-13,15H,1-3H3,(H,23,26)/t13-,15-/m1/s1. The van der Waals surface area contributed by atoms with E-state index in [2.05, 4.69) is 10.4 Å². The zero-order valence-corrected chi connectivity index (χ0v) is 16.8. The van der Waals surface area contributed by atoms with Crippen molar-refractivity contribution < 1.29 is 4.79 Å². The van der Waals surface area contributed by atoms with E-state index in [4.69, 9.17) is 0 Å². The lowest BCUT2D eigenvalue weighted by molar-refractivity contribution is -0.124. The molecular weight excluding hydrogens is 370 g/mol. The van der Waals surface area contributed by atoms with E-state index < -0.39 is 6.04 Å². The highest BCUT2D eigenvalue weighted by molar-refractivity contribution is 7.26. The van der Waals surface area contributed by atoms with Crippen LogP contribution in [0.4, 0.5) is 0 Å². The molecule has 0 unspecified atom stereocenters. The van der Waals surface area contributed by atoms with Crippen molar-refractivity contribution in [3.8, 4) is 0 Å². The van der Waals surface area contributed by atoms with Crippen LogP contribution in [0.15, 0.2) is 59.4 Å². The first-order chi connectivity index (χ1) is 13.5. The van der Waals surface area contributed by atoms with Gasteiger partial charge in [-0.3, -0.25) is 9.59 Å². The maximum absolute atomic E-state index is 13.2. The fourth-order valence-corrected chi connectivity index (χ4v) is 4.55. The second-order valence-corrected chi connectivity index (χ2v) is 8.01. The summed E-state index contributed by atoms with van der Waals surface area (Å²) in [6.07, 6.45) is 0. The normalized spacial score (nSPS) is 13.5. The van der Waals surface area contributed by atoms with Crippen molar-refractivity contribution in [3.63, 3.8) is 0 Å². The zero-order chi connectivity index (χ0) is 19.8. The summed E-state index contributed by atoms with van der Waals surface area (Å²) in [5.74, 6) is -0.232. The van der Waals surface area contributed by atoms with E-state index in [1.165, 1.54) is 4.68 Å². The number of fused-ring (bicyclic) bond motifs is 3. The molecule has 2 aromatic heterocycles. The minimum absolute atomic E-state index is 0.154. The number of rotatable bonds is 4. The Kier molecular flexibility index (Phi) is 4.73. The van der Waals surface area contributed by atoms with Crippen molar-refractivity contribution >= 4 is 37.4 Å². The fourth-order valence-electron chi connectivity index (χ4n) is 3.41. The van der Waals surface area contributed by atoms with Gasteiger partial charge in [0, 0.05) is 10.1 Å². The number of hydrogen-bond acceptors (Lipinski definition) is 4. The van der Waals surface area contributed by atoms with E-state index in [-0.39, 0.29) is 17.5 Å². The first-order valence-electron chi connectivity index (χ1n) is 9.23. The third kappa shape index (κ3) is 3.10. The molecule has 0 radical (unpaired) electrons. The maximum Gasteiger partial charge on any atom is 0.276 e. The number of benzene rings is 2. The lowest BCUT2D eigenvalue weighted by Gasteiger charge is -2.19. The van der Waals surface area contributed by atoms with E-state index in [1.54, 1.807) is 18.3 Å². The molecule has 0 aliphatic heterocycles. The minimum atomic E-state index is -0.708. The molecule has 1 N–H and O–H groups in total. The summed E-state index contributed by atoms with van der Waals surface area (Å²) in [4.78, 5) is 26.0. The summed E-state index contributed by atoms with van der Waals surface area (Å²) in [6.45, 7) is 5.52. The third-order valence-corrected chi connectivity index (χ3v) is 6.29. The molecule has 1 amide bonds. The van der Waals surface area contributed by atoms with Crippen molar-refractivity contribution in [2.75, 3.05) is 0 Å². The molecule has 28 heavy (non-hydrogen) atoms. The predicted molar refractivity (Wildman–Crippen MR) is 114 cm³/mol. The van der Waals surface area contributed by atoms with Gasteiger partial charge in [0.2, 0.25) is 5.91 Å². The van der Waals surface area contributed by atoms with E-state index in [9.17, 15) is 9.59 Å². The highest BCUT2D eigenvalue weighted by Gasteiger charge is 2.23. The van der Waals surface area contributed by atoms with Gasteiger partial charge in [0.15, 0.2) is 0 Å². The van der Waals surface area contributed by atoms with Crippen LogP contribution in [0.3, 0.4) is 0 Å². The van der Waals surface area contributed by atoms with E-state index in [0.29, 0.717) is 5.39 Å². The van der Waals surface area contributed by atoms with Gasteiger partial charge in [0.05, 0.1) is 21.8 Å². The monoisotopic (exact) mass is 391 g/mol. The largest absolute Gasteiger partial charge is 0.348 e. The van der Waals surface area contributed by atoms with Crippen LogP contribution in [-0.4, -0.2) is 15.7 Å². The second kappa shape index (κ2) is 7.20. The first kappa shape index (κ1) is 18.4. The van der Waals surface area contributed by atoms with Crippen LogP contribution in [0.1, 0.15) is 37.2 Å². The summed E-state index contributed by atoms with van der Waals surface area (Å²) in [5, 5.41) is 8.99. The number of aryl methyl sites for hydroxylation is 1. The van der Waals surface area contributed by atoms with E-state index in [0.717, 1.165) is 26.0 Å². The number of nitrogens with one attached hydrogen (secondary N) is 1. The van der Waals surface area contributed by atoms with Crippen molar-refractivity contribution in [1.29, 1.82) is 0 Å². The van der Waals surface area contributed by atoms with Crippen molar-refractivity contribution in [2.24, 2.45) is 0 Å².